The van der Waals surface area contributed by atoms with Crippen molar-refractivity contribution in [3.63, 3.8) is 0 Å². The average Bonchev–Trinajstić information content (AvgIpc) is 2.85. The number of unbranched alkanes of at least 4 members (excludes halogenated alkanes) is 1. The Hall–Kier alpha value is -2.57. The Labute approximate surface area is 218 Å². The molecule has 0 aromatic heterocycles. The number of hydrogen-bond acceptors (Lipinski definition) is 11. The Balaban J connectivity index is 5.73. The quantitative estimate of drug-likeness (QED) is 0.0482. The number of ether oxygens (including phenoxy) is 5. The zero-order valence-electron chi connectivity index (χ0n) is 22.6. The number of nitrogens with zero attached hydrogens (tertiary/aromatic N) is 2. The van der Waals surface area contributed by atoms with Gasteiger partial charge in [0, 0.05) is 19.9 Å². The zero-order chi connectivity index (χ0) is 28.3. The van der Waals surface area contributed by atoms with Gasteiger partial charge in [0.15, 0.2) is 0 Å². The van der Waals surface area contributed by atoms with Crippen LogP contribution >= 0.6 is 7.75 Å². The van der Waals surface area contributed by atoms with Gasteiger partial charge >= 0.3 is 26.0 Å². The maximum atomic E-state index is 13.6. The fourth-order valence-corrected chi connectivity index (χ4v) is 3.76. The number of hydrogen-bond donors (Lipinski definition) is 1. The van der Waals surface area contributed by atoms with Crippen molar-refractivity contribution in [1.82, 2.24) is 4.90 Å². The van der Waals surface area contributed by atoms with E-state index in [9.17, 15) is 18.9 Å². The molecule has 2 N–H and O–H groups in total. The molecule has 2 atom stereocenters. The van der Waals surface area contributed by atoms with E-state index in [4.69, 9.17) is 38.5 Å². The first-order valence-electron chi connectivity index (χ1n) is 12.4. The van der Waals surface area contributed by atoms with E-state index in [2.05, 4.69) is 4.76 Å². The molecule has 0 fully saturated rings. The molecule has 0 aromatic rings. The molecule has 0 aromatic carbocycles. The van der Waals surface area contributed by atoms with Crippen molar-refractivity contribution >= 4 is 32.0 Å². The molecular formula is C22H42N3O11P. The third-order valence-electron chi connectivity index (χ3n) is 4.21. The lowest BCUT2D eigenvalue weighted by atomic mass is 10.4. The van der Waals surface area contributed by atoms with E-state index in [0.29, 0.717) is 19.3 Å². The van der Waals surface area contributed by atoms with Crippen molar-refractivity contribution < 1.29 is 51.7 Å². The first-order chi connectivity index (χ1) is 17.5. The first-order valence-corrected chi connectivity index (χ1v) is 13.9. The van der Waals surface area contributed by atoms with E-state index in [1.54, 1.807) is 27.7 Å². The lowest BCUT2D eigenvalue weighted by Gasteiger charge is -2.25. The Kier molecular flexibility index (Phi) is 18.2. The summed E-state index contributed by atoms with van der Waals surface area (Å²) in [7, 11) is -3.19. The van der Waals surface area contributed by atoms with Crippen LogP contribution in [0.5, 0.6) is 0 Å². The highest BCUT2D eigenvalue weighted by atomic mass is 31.2. The average molecular weight is 556 g/mol. The molecule has 0 amide bonds. The topological polar surface area (TPSA) is 175 Å². The lowest BCUT2D eigenvalue weighted by molar-refractivity contribution is -0.143. The second-order valence-corrected chi connectivity index (χ2v) is 9.23. The molecule has 0 aliphatic heterocycles. The normalized spacial score (nSPS) is 14.6. The van der Waals surface area contributed by atoms with E-state index < -0.39 is 44.6 Å². The molecule has 0 heterocycles. The van der Waals surface area contributed by atoms with Gasteiger partial charge < -0.3 is 34.3 Å². The van der Waals surface area contributed by atoms with Crippen molar-refractivity contribution in [2.75, 3.05) is 33.4 Å². The number of guanidine groups is 1. The van der Waals surface area contributed by atoms with Gasteiger partial charge in [-0.2, -0.15) is 0 Å². The van der Waals surface area contributed by atoms with Crippen LogP contribution in [0.25, 0.3) is 0 Å². The summed E-state index contributed by atoms with van der Waals surface area (Å²) in [6.07, 6.45) is -2.14. The Bertz CT molecular complexity index is 730. The van der Waals surface area contributed by atoms with Crippen molar-refractivity contribution in [3.8, 4) is 0 Å². The molecule has 0 saturated carbocycles. The predicted molar refractivity (Wildman–Crippen MR) is 134 cm³/mol. The van der Waals surface area contributed by atoms with E-state index in [0.717, 1.165) is 6.42 Å². The van der Waals surface area contributed by atoms with Gasteiger partial charge in [0.05, 0.1) is 19.8 Å². The molecule has 0 saturated heterocycles. The van der Waals surface area contributed by atoms with E-state index in [-0.39, 0.29) is 39.2 Å². The van der Waals surface area contributed by atoms with E-state index in [1.165, 1.54) is 11.9 Å². The highest BCUT2D eigenvalue weighted by Gasteiger charge is 2.36. The van der Waals surface area contributed by atoms with Crippen LogP contribution in [0.15, 0.2) is 4.76 Å². The third kappa shape index (κ3) is 16.0. The number of likely N-dealkylation sites (N-methyl/N-ethyl adjacent to an activating group) is 1. The Morgan fingerprint density at radius 3 is 1.70 bits per heavy atom. The minimum atomic E-state index is -4.60. The number of esters is 1. The summed E-state index contributed by atoms with van der Waals surface area (Å²) < 4.78 is 53.2. The van der Waals surface area contributed by atoms with Crippen LogP contribution in [-0.2, 0) is 42.1 Å². The molecule has 0 rings (SSSR count). The molecule has 0 aliphatic rings. The summed E-state index contributed by atoms with van der Waals surface area (Å²) in [5.41, 5.74) is 5.95. The van der Waals surface area contributed by atoms with Crippen molar-refractivity contribution in [1.29, 1.82) is 0 Å². The molecule has 37 heavy (non-hydrogen) atoms. The Morgan fingerprint density at radius 1 is 0.811 bits per heavy atom. The molecule has 2 unspecified atom stereocenters. The monoisotopic (exact) mass is 555 g/mol. The molecule has 14 nitrogen and oxygen atoms in total. The zero-order valence-corrected chi connectivity index (χ0v) is 23.5. The third-order valence-corrected chi connectivity index (χ3v) is 5.67. The summed E-state index contributed by atoms with van der Waals surface area (Å²) in [5, 5.41) is 0. The predicted octanol–water partition coefficient (Wildman–Crippen LogP) is 4.32. The minimum absolute atomic E-state index is 0.0415. The summed E-state index contributed by atoms with van der Waals surface area (Å²) >= 11 is 0. The number of rotatable bonds is 18. The Morgan fingerprint density at radius 2 is 1.30 bits per heavy atom. The highest BCUT2D eigenvalue weighted by molar-refractivity contribution is 7.52. The second-order valence-electron chi connectivity index (χ2n) is 7.68. The fraction of sp³-hybridized carbons (Fsp3) is 0.818. The molecule has 0 bridgehead atoms. The van der Waals surface area contributed by atoms with Gasteiger partial charge in [0.25, 0.3) is 0 Å². The second kappa shape index (κ2) is 19.5. The summed E-state index contributed by atoms with van der Waals surface area (Å²) in [6.45, 7) is 8.90. The fourth-order valence-electron chi connectivity index (χ4n) is 2.23. The van der Waals surface area contributed by atoms with Crippen molar-refractivity contribution in [3.05, 3.63) is 0 Å². The molecule has 216 valence electrons. The molecule has 15 heteroatoms. The van der Waals surface area contributed by atoms with Crippen LogP contribution in [0.2, 0.25) is 0 Å². The van der Waals surface area contributed by atoms with Crippen LogP contribution in [-0.4, -0.2) is 75.1 Å². The first kappa shape index (κ1) is 34.4. The van der Waals surface area contributed by atoms with Crippen LogP contribution in [0.1, 0.15) is 73.1 Å². The van der Waals surface area contributed by atoms with E-state index >= 15 is 0 Å². The van der Waals surface area contributed by atoms with Gasteiger partial charge in [0.2, 0.25) is 18.5 Å². The van der Waals surface area contributed by atoms with Gasteiger partial charge in [-0.3, -0.25) is 4.79 Å². The maximum absolute atomic E-state index is 13.6. The lowest BCUT2D eigenvalue weighted by Crippen LogP contribution is -2.38. The number of carbonyl (C=O) groups is 3. The molecule has 0 radical (unpaired) electrons. The summed E-state index contributed by atoms with van der Waals surface area (Å²) in [4.78, 5) is 36.9. The molecule has 0 aliphatic carbocycles. The van der Waals surface area contributed by atoms with Gasteiger partial charge in [-0.05, 0) is 19.3 Å². The van der Waals surface area contributed by atoms with Crippen molar-refractivity contribution in [2.24, 2.45) is 10.5 Å². The smallest absolute Gasteiger partial charge is 0.464 e. The van der Waals surface area contributed by atoms with Gasteiger partial charge in [-0.15, -0.1) is 4.76 Å². The summed E-state index contributed by atoms with van der Waals surface area (Å²) in [5.74, 6) is -0.977. The van der Waals surface area contributed by atoms with E-state index in [1.807, 2.05) is 6.92 Å². The SMILES string of the molecule is CCCCOC(=O)CN(C)C(N)=NP(=O)(OC(CC)OC(=O)OCCC)OC(CC)OC(=O)OCCC. The maximum Gasteiger partial charge on any atom is 0.510 e. The van der Waals surface area contributed by atoms with Gasteiger partial charge in [-0.25, -0.2) is 23.2 Å². The molecule has 0 spiro atoms. The molecular weight excluding hydrogens is 513 g/mol. The van der Waals surface area contributed by atoms with Crippen molar-refractivity contribution in [2.45, 2.75) is 85.7 Å². The van der Waals surface area contributed by atoms with Crippen LogP contribution < -0.4 is 5.73 Å². The number of carbonyl (C=O) groups excluding carboxylic acids is 3. The standard InChI is InChI=1S/C22H42N3O11P/c1-7-12-15-30-17(26)16-25(6)20(23)24-37(29,35-18(10-4)33-21(27)31-13-8-2)36-19(11-5)34-22(28)32-14-9-3/h18-19H,7-16H2,1-6H3,(H2,23,24,29). The van der Waals surface area contributed by atoms with Crippen LogP contribution in [0.3, 0.4) is 0 Å². The number of nitrogens with two attached hydrogens (primary N) is 1. The largest absolute Gasteiger partial charge is 0.510 e. The van der Waals surface area contributed by atoms with Crippen LogP contribution in [0.4, 0.5) is 9.59 Å². The highest BCUT2D eigenvalue weighted by Crippen LogP contribution is 2.53. The van der Waals surface area contributed by atoms with Crippen LogP contribution in [0, 0.1) is 0 Å². The van der Waals surface area contributed by atoms with Gasteiger partial charge in [-0.1, -0.05) is 41.0 Å². The summed E-state index contributed by atoms with van der Waals surface area (Å²) in [6, 6.07) is 0. The minimum Gasteiger partial charge on any atom is -0.464 e. The van der Waals surface area contributed by atoms with Gasteiger partial charge in [0.1, 0.15) is 6.54 Å².